The number of para-hydroxylation sites is 1. The molecule has 0 fully saturated rings. The van der Waals surface area contributed by atoms with Gasteiger partial charge < -0.3 is 5.73 Å². The Morgan fingerprint density at radius 1 is 0.905 bits per heavy atom. The fourth-order valence-electron chi connectivity index (χ4n) is 2.58. The first kappa shape index (κ1) is 15.6. The molecule has 0 bridgehead atoms. The summed E-state index contributed by atoms with van der Waals surface area (Å²) in [6.07, 6.45) is 3.64. The smallest absolute Gasteiger partial charge is 0.0359 e. The number of nitrogens with two attached hydrogens (primary N) is 1. The quantitative estimate of drug-likeness (QED) is 0.583. The summed E-state index contributed by atoms with van der Waals surface area (Å²) >= 11 is 0. The minimum absolute atomic E-state index is 0.903. The monoisotopic (exact) mass is 282 g/mol. The van der Waals surface area contributed by atoms with Crippen molar-refractivity contribution in [1.29, 1.82) is 0 Å². The number of benzene rings is 2. The minimum Gasteiger partial charge on any atom is -0.398 e. The number of hydrogen-bond donors (Lipinski definition) is 1. The van der Waals surface area contributed by atoms with Crippen molar-refractivity contribution in [2.75, 3.05) is 18.8 Å². The van der Waals surface area contributed by atoms with Gasteiger partial charge in [-0.2, -0.15) is 0 Å². The van der Waals surface area contributed by atoms with Gasteiger partial charge in [0, 0.05) is 12.2 Å². The van der Waals surface area contributed by atoms with Gasteiger partial charge in [0.15, 0.2) is 0 Å². The van der Waals surface area contributed by atoms with Crippen molar-refractivity contribution in [3.63, 3.8) is 0 Å². The Morgan fingerprint density at radius 3 is 2.33 bits per heavy atom. The molecule has 0 radical (unpaired) electrons. The molecule has 0 heterocycles. The van der Waals surface area contributed by atoms with Crippen LogP contribution >= 0.6 is 0 Å². The Labute approximate surface area is 128 Å². The highest BCUT2D eigenvalue weighted by atomic mass is 15.1. The topological polar surface area (TPSA) is 29.3 Å². The zero-order valence-corrected chi connectivity index (χ0v) is 13.0. The van der Waals surface area contributed by atoms with Crippen LogP contribution in [-0.2, 0) is 13.0 Å². The van der Waals surface area contributed by atoms with Gasteiger partial charge >= 0.3 is 0 Å². The van der Waals surface area contributed by atoms with Crippen LogP contribution in [0.5, 0.6) is 0 Å². The molecule has 112 valence electrons. The van der Waals surface area contributed by atoms with E-state index in [0.29, 0.717) is 0 Å². The van der Waals surface area contributed by atoms with Gasteiger partial charge in [0.25, 0.3) is 0 Å². The maximum Gasteiger partial charge on any atom is 0.0359 e. The third-order valence-corrected chi connectivity index (χ3v) is 3.93. The van der Waals surface area contributed by atoms with Crippen molar-refractivity contribution in [2.45, 2.75) is 32.7 Å². The molecule has 2 aromatic carbocycles. The summed E-state index contributed by atoms with van der Waals surface area (Å²) in [4.78, 5) is 2.47. The molecule has 0 saturated carbocycles. The van der Waals surface area contributed by atoms with E-state index in [4.69, 9.17) is 5.73 Å². The lowest BCUT2D eigenvalue weighted by molar-refractivity contribution is 0.274. The average Bonchev–Trinajstić information content (AvgIpc) is 2.53. The number of unbranched alkanes of at least 4 members (excludes halogenated alkanes) is 1. The standard InChI is InChI=1S/C19H26N2/c1-2-21(16-18-13-6-7-14-19(18)20)15-9-8-12-17-10-4-3-5-11-17/h3-7,10-11,13-14H,2,8-9,12,15-16,20H2,1H3. The molecule has 2 nitrogen and oxygen atoms in total. The van der Waals surface area contributed by atoms with Crippen molar-refractivity contribution >= 4 is 5.69 Å². The van der Waals surface area contributed by atoms with Crippen molar-refractivity contribution < 1.29 is 0 Å². The Hall–Kier alpha value is -1.80. The van der Waals surface area contributed by atoms with Crippen LogP contribution in [-0.4, -0.2) is 18.0 Å². The van der Waals surface area contributed by atoms with Gasteiger partial charge in [0.2, 0.25) is 0 Å². The number of nitrogens with zero attached hydrogens (tertiary/aromatic N) is 1. The van der Waals surface area contributed by atoms with Crippen molar-refractivity contribution in [3.05, 3.63) is 65.7 Å². The third kappa shape index (κ3) is 5.24. The molecule has 0 atom stereocenters. The largest absolute Gasteiger partial charge is 0.398 e. The molecule has 2 rings (SSSR count). The zero-order valence-electron chi connectivity index (χ0n) is 13.0. The average molecular weight is 282 g/mol. The predicted octanol–water partition coefficient (Wildman–Crippen LogP) is 4.11. The molecule has 0 aliphatic rings. The van der Waals surface area contributed by atoms with Crippen molar-refractivity contribution in [1.82, 2.24) is 4.90 Å². The number of nitrogen functional groups attached to an aromatic ring is 1. The van der Waals surface area contributed by atoms with Gasteiger partial charge in [-0.1, -0.05) is 55.5 Å². The normalized spacial score (nSPS) is 11.0. The molecular weight excluding hydrogens is 256 g/mol. The maximum absolute atomic E-state index is 6.03. The SMILES string of the molecule is CCN(CCCCc1ccccc1)Cc1ccccc1N. The summed E-state index contributed by atoms with van der Waals surface area (Å²) in [7, 11) is 0. The fourth-order valence-corrected chi connectivity index (χ4v) is 2.58. The van der Waals surface area contributed by atoms with Crippen LogP contribution in [0.1, 0.15) is 30.9 Å². The number of hydrogen-bond acceptors (Lipinski definition) is 2. The third-order valence-electron chi connectivity index (χ3n) is 3.93. The van der Waals surface area contributed by atoms with Gasteiger partial charge in [-0.05, 0) is 49.5 Å². The summed E-state index contributed by atoms with van der Waals surface area (Å²) in [6, 6.07) is 18.9. The summed E-state index contributed by atoms with van der Waals surface area (Å²) in [5.41, 5.74) is 9.61. The van der Waals surface area contributed by atoms with Crippen LogP contribution in [0.2, 0.25) is 0 Å². The van der Waals surface area contributed by atoms with E-state index in [1.807, 2.05) is 12.1 Å². The van der Waals surface area contributed by atoms with Gasteiger partial charge in [0.1, 0.15) is 0 Å². The van der Waals surface area contributed by atoms with Gasteiger partial charge in [-0.15, -0.1) is 0 Å². The lowest BCUT2D eigenvalue weighted by Crippen LogP contribution is -2.24. The van der Waals surface area contributed by atoms with Crippen LogP contribution in [0.3, 0.4) is 0 Å². The Balaban J connectivity index is 1.74. The van der Waals surface area contributed by atoms with Crippen LogP contribution in [0.25, 0.3) is 0 Å². The first-order valence-electron chi connectivity index (χ1n) is 7.89. The van der Waals surface area contributed by atoms with E-state index in [2.05, 4.69) is 54.3 Å². The summed E-state index contributed by atoms with van der Waals surface area (Å²) in [6.45, 7) is 5.38. The summed E-state index contributed by atoms with van der Waals surface area (Å²) < 4.78 is 0. The van der Waals surface area contributed by atoms with E-state index in [1.54, 1.807) is 0 Å². The number of aryl methyl sites for hydroxylation is 1. The predicted molar refractivity (Wildman–Crippen MR) is 91.2 cm³/mol. The molecule has 0 aliphatic heterocycles. The highest BCUT2D eigenvalue weighted by molar-refractivity contribution is 5.46. The van der Waals surface area contributed by atoms with Crippen LogP contribution in [0.15, 0.2) is 54.6 Å². The van der Waals surface area contributed by atoms with Gasteiger partial charge in [-0.25, -0.2) is 0 Å². The maximum atomic E-state index is 6.03. The molecule has 0 unspecified atom stereocenters. The minimum atomic E-state index is 0.903. The first-order valence-corrected chi connectivity index (χ1v) is 7.89. The molecule has 0 saturated heterocycles. The van der Waals surface area contributed by atoms with E-state index in [9.17, 15) is 0 Å². The van der Waals surface area contributed by atoms with E-state index in [0.717, 1.165) is 25.3 Å². The lowest BCUT2D eigenvalue weighted by atomic mass is 10.1. The molecule has 2 heteroatoms. The Bertz CT molecular complexity index is 522. The number of anilines is 1. The molecular formula is C19H26N2. The highest BCUT2D eigenvalue weighted by Crippen LogP contribution is 2.14. The molecule has 0 spiro atoms. The molecule has 2 aromatic rings. The molecule has 2 N–H and O–H groups in total. The highest BCUT2D eigenvalue weighted by Gasteiger charge is 2.05. The Kier molecular flexibility index (Phi) is 6.29. The zero-order chi connectivity index (χ0) is 14.9. The van der Waals surface area contributed by atoms with Crippen LogP contribution in [0.4, 0.5) is 5.69 Å². The van der Waals surface area contributed by atoms with Crippen molar-refractivity contribution in [3.8, 4) is 0 Å². The van der Waals surface area contributed by atoms with Crippen LogP contribution in [0, 0.1) is 0 Å². The number of rotatable bonds is 8. The van der Waals surface area contributed by atoms with E-state index >= 15 is 0 Å². The fraction of sp³-hybridized carbons (Fsp3) is 0.368. The second-order valence-corrected chi connectivity index (χ2v) is 5.51. The molecule has 0 aliphatic carbocycles. The van der Waals surface area contributed by atoms with E-state index in [1.165, 1.54) is 30.4 Å². The van der Waals surface area contributed by atoms with Crippen LogP contribution < -0.4 is 5.73 Å². The molecule has 21 heavy (non-hydrogen) atoms. The summed E-state index contributed by atoms with van der Waals surface area (Å²) in [5.74, 6) is 0. The second kappa shape index (κ2) is 8.48. The second-order valence-electron chi connectivity index (χ2n) is 5.51. The van der Waals surface area contributed by atoms with E-state index < -0.39 is 0 Å². The molecule has 0 aromatic heterocycles. The Morgan fingerprint density at radius 2 is 1.62 bits per heavy atom. The van der Waals surface area contributed by atoms with Gasteiger partial charge in [-0.3, -0.25) is 4.90 Å². The summed E-state index contributed by atoms with van der Waals surface area (Å²) in [5, 5.41) is 0. The van der Waals surface area contributed by atoms with Gasteiger partial charge in [0.05, 0.1) is 0 Å². The molecule has 0 amide bonds. The van der Waals surface area contributed by atoms with Crippen molar-refractivity contribution in [2.24, 2.45) is 0 Å². The van der Waals surface area contributed by atoms with E-state index in [-0.39, 0.29) is 0 Å². The first-order chi connectivity index (χ1) is 10.3. The lowest BCUT2D eigenvalue weighted by Gasteiger charge is -2.21.